The Labute approximate surface area is 206 Å². The van der Waals surface area contributed by atoms with Gasteiger partial charge < -0.3 is 20.4 Å². The molecule has 1 aromatic heterocycles. The number of nitrogens with zero attached hydrogens (tertiary/aromatic N) is 4. The highest BCUT2D eigenvalue weighted by Crippen LogP contribution is 2.17. The van der Waals surface area contributed by atoms with Crippen molar-refractivity contribution in [1.82, 2.24) is 30.2 Å². The molecule has 1 fully saturated rings. The van der Waals surface area contributed by atoms with Crippen LogP contribution in [-0.2, 0) is 17.9 Å². The summed E-state index contributed by atoms with van der Waals surface area (Å²) in [5, 5.41) is 10.0. The van der Waals surface area contributed by atoms with E-state index in [0.717, 1.165) is 31.6 Å². The van der Waals surface area contributed by atoms with Crippen LogP contribution in [0.1, 0.15) is 64.2 Å². The number of piperidine rings is 1. The molecule has 3 amide bonds. The molecular formula is C26H36N6O3. The first-order valence-electron chi connectivity index (χ1n) is 12.7. The van der Waals surface area contributed by atoms with Crippen LogP contribution in [0.4, 0.5) is 0 Å². The predicted octanol–water partition coefficient (Wildman–Crippen LogP) is 1.96. The summed E-state index contributed by atoms with van der Waals surface area (Å²) in [7, 11) is 0. The van der Waals surface area contributed by atoms with E-state index in [-0.39, 0.29) is 36.4 Å². The fourth-order valence-corrected chi connectivity index (χ4v) is 4.61. The fraction of sp³-hybridized carbons (Fsp3) is 0.538. The van der Waals surface area contributed by atoms with Gasteiger partial charge in [0.25, 0.3) is 11.8 Å². The largest absolute Gasteiger partial charge is 0.355 e. The molecule has 188 valence electrons. The number of hydrogen-bond donors (Lipinski definition) is 2. The minimum absolute atomic E-state index is 0.0788. The molecule has 0 atom stereocenters. The number of aromatic nitrogens is 2. The van der Waals surface area contributed by atoms with E-state index in [1.807, 2.05) is 31.2 Å². The van der Waals surface area contributed by atoms with E-state index in [1.165, 1.54) is 24.8 Å². The first-order chi connectivity index (χ1) is 17.0. The van der Waals surface area contributed by atoms with Crippen LogP contribution in [0.2, 0.25) is 0 Å². The third-order valence-corrected chi connectivity index (χ3v) is 6.65. The van der Waals surface area contributed by atoms with Crippen LogP contribution >= 0.6 is 0 Å². The molecule has 0 aliphatic carbocycles. The molecule has 2 N–H and O–H groups in total. The summed E-state index contributed by atoms with van der Waals surface area (Å²) in [5.41, 5.74) is 2.88. The quantitative estimate of drug-likeness (QED) is 0.572. The van der Waals surface area contributed by atoms with E-state index in [2.05, 4.69) is 20.6 Å². The highest BCUT2D eigenvalue weighted by molar-refractivity contribution is 5.98. The molecular weight excluding hydrogens is 444 g/mol. The van der Waals surface area contributed by atoms with Gasteiger partial charge in [0.1, 0.15) is 5.69 Å². The second kappa shape index (κ2) is 12.0. The molecule has 9 heteroatoms. The van der Waals surface area contributed by atoms with Crippen LogP contribution in [0.25, 0.3) is 0 Å². The molecule has 2 aliphatic rings. The molecule has 0 radical (unpaired) electrons. The van der Waals surface area contributed by atoms with Crippen molar-refractivity contribution in [2.45, 2.75) is 52.1 Å². The summed E-state index contributed by atoms with van der Waals surface area (Å²) in [5.74, 6) is -0.572. The van der Waals surface area contributed by atoms with Gasteiger partial charge in [0.2, 0.25) is 5.91 Å². The van der Waals surface area contributed by atoms with E-state index >= 15 is 0 Å². The zero-order valence-corrected chi connectivity index (χ0v) is 20.6. The lowest BCUT2D eigenvalue weighted by Gasteiger charge is -2.26. The molecule has 1 saturated heterocycles. The zero-order chi connectivity index (χ0) is 24.6. The van der Waals surface area contributed by atoms with Crippen molar-refractivity contribution in [2.75, 3.05) is 39.3 Å². The van der Waals surface area contributed by atoms with Crippen molar-refractivity contribution < 1.29 is 14.4 Å². The summed E-state index contributed by atoms with van der Waals surface area (Å²) in [6.45, 7) is 7.72. The second-order valence-corrected chi connectivity index (χ2v) is 9.46. The van der Waals surface area contributed by atoms with Crippen molar-refractivity contribution in [3.8, 4) is 0 Å². The number of carbonyl (C=O) groups excluding carboxylic acids is 3. The smallest absolute Gasteiger partial charge is 0.272 e. The second-order valence-electron chi connectivity index (χ2n) is 9.46. The number of nitrogens with one attached hydrogen (secondary N) is 2. The van der Waals surface area contributed by atoms with E-state index < -0.39 is 0 Å². The zero-order valence-electron chi connectivity index (χ0n) is 20.6. The molecule has 0 unspecified atom stereocenters. The molecule has 35 heavy (non-hydrogen) atoms. The topological polar surface area (TPSA) is 99.6 Å². The lowest BCUT2D eigenvalue weighted by molar-refractivity contribution is -0.121. The number of carbonyl (C=O) groups is 3. The maximum absolute atomic E-state index is 13.1. The molecule has 0 bridgehead atoms. The summed E-state index contributed by atoms with van der Waals surface area (Å²) < 4.78 is 1.62. The van der Waals surface area contributed by atoms with Crippen LogP contribution in [0.5, 0.6) is 0 Å². The minimum Gasteiger partial charge on any atom is -0.355 e. The number of likely N-dealkylation sites (tertiary alicyclic amines) is 1. The van der Waals surface area contributed by atoms with Gasteiger partial charge in [-0.1, -0.05) is 36.2 Å². The Balaban J connectivity index is 1.24. The highest BCUT2D eigenvalue weighted by atomic mass is 16.2. The molecule has 3 heterocycles. The minimum atomic E-state index is -0.371. The number of benzene rings is 1. The van der Waals surface area contributed by atoms with Crippen molar-refractivity contribution >= 4 is 17.7 Å². The van der Waals surface area contributed by atoms with Crippen LogP contribution in [0.15, 0.2) is 30.3 Å². The summed E-state index contributed by atoms with van der Waals surface area (Å²) in [6.07, 6.45) is 4.73. The Hall–Kier alpha value is -3.20. The lowest BCUT2D eigenvalue weighted by atomic mass is 10.1. The van der Waals surface area contributed by atoms with Crippen LogP contribution in [-0.4, -0.2) is 76.6 Å². The molecule has 2 aliphatic heterocycles. The monoisotopic (exact) mass is 480 g/mol. The number of amides is 3. The summed E-state index contributed by atoms with van der Waals surface area (Å²) in [4.78, 5) is 42.0. The van der Waals surface area contributed by atoms with Gasteiger partial charge in [0.15, 0.2) is 5.69 Å². The number of fused-ring (bicyclic) bond motifs is 1. The van der Waals surface area contributed by atoms with Gasteiger partial charge in [0, 0.05) is 51.8 Å². The van der Waals surface area contributed by atoms with Gasteiger partial charge in [-0.3, -0.25) is 19.1 Å². The van der Waals surface area contributed by atoms with Gasteiger partial charge in [-0.15, -0.1) is 0 Å². The van der Waals surface area contributed by atoms with E-state index in [9.17, 15) is 14.4 Å². The number of rotatable bonds is 9. The van der Waals surface area contributed by atoms with Gasteiger partial charge in [-0.05, 0) is 44.8 Å². The van der Waals surface area contributed by atoms with Gasteiger partial charge in [-0.25, -0.2) is 0 Å². The molecule has 0 saturated carbocycles. The molecule has 0 spiro atoms. The van der Waals surface area contributed by atoms with E-state index in [0.29, 0.717) is 31.9 Å². The van der Waals surface area contributed by atoms with Crippen molar-refractivity contribution in [3.05, 3.63) is 52.8 Å². The van der Waals surface area contributed by atoms with Crippen molar-refractivity contribution in [2.24, 2.45) is 0 Å². The predicted molar refractivity (Wildman–Crippen MR) is 133 cm³/mol. The Kier molecular flexibility index (Phi) is 8.52. The normalized spacial score (nSPS) is 16.5. The average Bonchev–Trinajstić information content (AvgIpc) is 3.23. The summed E-state index contributed by atoms with van der Waals surface area (Å²) >= 11 is 0. The van der Waals surface area contributed by atoms with Gasteiger partial charge in [-0.2, -0.15) is 5.10 Å². The Bertz CT molecular complexity index is 1030. The number of hydrogen-bond acceptors (Lipinski definition) is 5. The van der Waals surface area contributed by atoms with Crippen molar-refractivity contribution in [3.63, 3.8) is 0 Å². The maximum atomic E-state index is 13.1. The first kappa shape index (κ1) is 24.9. The average molecular weight is 481 g/mol. The van der Waals surface area contributed by atoms with Crippen molar-refractivity contribution in [1.29, 1.82) is 0 Å². The molecule has 2 aromatic rings. The van der Waals surface area contributed by atoms with Crippen LogP contribution in [0.3, 0.4) is 0 Å². The standard InChI is InChI=1S/C26H36N6O3/c1-20-6-8-21(9-7-20)19-31-15-5-16-32-23(26(31)35)18-22(29-32)25(34)28-11-10-24(33)27-12-17-30-13-3-2-4-14-30/h6-9,18H,2-5,10-17,19H2,1H3,(H,27,33)(H,28,34). The summed E-state index contributed by atoms with van der Waals surface area (Å²) in [6, 6.07) is 9.71. The Morgan fingerprint density at radius 3 is 2.49 bits per heavy atom. The fourth-order valence-electron chi connectivity index (χ4n) is 4.61. The van der Waals surface area contributed by atoms with E-state index in [1.54, 1.807) is 15.6 Å². The van der Waals surface area contributed by atoms with E-state index in [4.69, 9.17) is 0 Å². The van der Waals surface area contributed by atoms with Gasteiger partial charge >= 0.3 is 0 Å². The third kappa shape index (κ3) is 6.91. The molecule has 9 nitrogen and oxygen atoms in total. The molecule has 1 aromatic carbocycles. The highest BCUT2D eigenvalue weighted by Gasteiger charge is 2.26. The first-order valence-corrected chi connectivity index (χ1v) is 12.7. The van der Waals surface area contributed by atoms with Crippen LogP contribution in [0, 0.1) is 6.92 Å². The number of aryl methyl sites for hydroxylation is 2. The SMILES string of the molecule is Cc1ccc(CN2CCCn3nc(C(=O)NCCC(=O)NCCN4CCCCC4)cc3C2=O)cc1. The van der Waals surface area contributed by atoms with Crippen LogP contribution < -0.4 is 10.6 Å². The lowest BCUT2D eigenvalue weighted by Crippen LogP contribution is -2.38. The third-order valence-electron chi connectivity index (χ3n) is 6.65. The Morgan fingerprint density at radius 2 is 1.71 bits per heavy atom. The molecule has 4 rings (SSSR count). The maximum Gasteiger partial charge on any atom is 0.272 e. The Morgan fingerprint density at radius 1 is 0.943 bits per heavy atom. The van der Waals surface area contributed by atoms with Gasteiger partial charge in [0.05, 0.1) is 0 Å².